The van der Waals surface area contributed by atoms with Gasteiger partial charge in [-0.3, -0.25) is 4.79 Å². The Hall–Kier alpha value is -1.58. The van der Waals surface area contributed by atoms with Gasteiger partial charge in [-0.1, -0.05) is 77.2 Å². The van der Waals surface area contributed by atoms with Crippen molar-refractivity contribution < 1.29 is 14.3 Å². The molecule has 0 heterocycles. The Kier molecular flexibility index (Phi) is 18.6. The van der Waals surface area contributed by atoms with E-state index in [1.54, 1.807) is 0 Å². The monoisotopic (exact) mass is 407 g/mol. The second kappa shape index (κ2) is 19.7. The molecule has 0 aromatic carbocycles. The molecule has 4 heteroatoms. The Balaban J connectivity index is 3.65. The van der Waals surface area contributed by atoms with Gasteiger partial charge >= 0.3 is 5.97 Å². The topological polar surface area (TPSA) is 55.4 Å². The van der Waals surface area contributed by atoms with Crippen LogP contribution >= 0.6 is 0 Å². The zero-order chi connectivity index (χ0) is 21.7. The third kappa shape index (κ3) is 18.2. The highest BCUT2D eigenvalue weighted by Crippen LogP contribution is 2.10. The SMILES string of the molecule is CCCCC/C=C\C/C=C\CCCCCCCC(=O)NC(CC(C)C)C(=O)OC. The molecule has 0 rings (SSSR count). The summed E-state index contributed by atoms with van der Waals surface area (Å²) in [6.45, 7) is 6.30. The highest BCUT2D eigenvalue weighted by molar-refractivity contribution is 5.84. The molecular weight excluding hydrogens is 362 g/mol. The molecule has 0 aromatic rings. The zero-order valence-corrected chi connectivity index (χ0v) is 19.4. The average Bonchev–Trinajstić information content (AvgIpc) is 2.69. The van der Waals surface area contributed by atoms with E-state index in [1.165, 1.54) is 45.6 Å². The van der Waals surface area contributed by atoms with Gasteiger partial charge in [-0.05, 0) is 50.9 Å². The van der Waals surface area contributed by atoms with Crippen LogP contribution in [-0.4, -0.2) is 25.0 Å². The van der Waals surface area contributed by atoms with Gasteiger partial charge in [-0.15, -0.1) is 0 Å². The average molecular weight is 408 g/mol. The summed E-state index contributed by atoms with van der Waals surface area (Å²) in [5, 5.41) is 2.82. The summed E-state index contributed by atoms with van der Waals surface area (Å²) in [4.78, 5) is 23.8. The van der Waals surface area contributed by atoms with Crippen molar-refractivity contribution in [2.24, 2.45) is 5.92 Å². The molecule has 0 aliphatic rings. The number of methoxy groups -OCH3 is 1. The maximum atomic E-state index is 12.1. The van der Waals surface area contributed by atoms with Crippen LogP contribution < -0.4 is 5.32 Å². The summed E-state index contributed by atoms with van der Waals surface area (Å²) in [6.07, 6.45) is 23.0. The number of unbranched alkanes of at least 4 members (excludes halogenated alkanes) is 8. The molecule has 0 aromatic heterocycles. The molecule has 0 radical (unpaired) electrons. The molecule has 0 aliphatic heterocycles. The van der Waals surface area contributed by atoms with E-state index < -0.39 is 6.04 Å². The first kappa shape index (κ1) is 27.4. The van der Waals surface area contributed by atoms with E-state index in [4.69, 9.17) is 4.74 Å². The summed E-state index contributed by atoms with van der Waals surface area (Å²) in [5.41, 5.74) is 0. The number of ether oxygens (including phenoxy) is 1. The molecule has 1 unspecified atom stereocenters. The lowest BCUT2D eigenvalue weighted by atomic mass is 10.0. The van der Waals surface area contributed by atoms with Crippen molar-refractivity contribution in [3.63, 3.8) is 0 Å². The Morgan fingerprint density at radius 1 is 0.862 bits per heavy atom. The van der Waals surface area contributed by atoms with Gasteiger partial charge in [0.25, 0.3) is 0 Å². The second-order valence-electron chi connectivity index (χ2n) is 8.25. The van der Waals surface area contributed by atoms with E-state index in [0.29, 0.717) is 18.8 Å². The van der Waals surface area contributed by atoms with Gasteiger partial charge in [0, 0.05) is 6.42 Å². The lowest BCUT2D eigenvalue weighted by molar-refractivity contribution is -0.145. The predicted octanol–water partition coefficient (Wildman–Crippen LogP) is 6.50. The lowest BCUT2D eigenvalue weighted by Gasteiger charge is -2.18. The smallest absolute Gasteiger partial charge is 0.328 e. The number of amides is 1. The first-order chi connectivity index (χ1) is 14.0. The molecule has 0 aliphatic carbocycles. The lowest BCUT2D eigenvalue weighted by Crippen LogP contribution is -2.42. The quantitative estimate of drug-likeness (QED) is 0.160. The van der Waals surface area contributed by atoms with Crippen molar-refractivity contribution in [3.05, 3.63) is 24.3 Å². The van der Waals surface area contributed by atoms with E-state index in [-0.39, 0.29) is 11.9 Å². The number of carbonyl (C=O) groups excluding carboxylic acids is 2. The fraction of sp³-hybridized carbons (Fsp3) is 0.760. The Labute approximate surface area is 179 Å². The van der Waals surface area contributed by atoms with Crippen LogP contribution in [0.4, 0.5) is 0 Å². The zero-order valence-electron chi connectivity index (χ0n) is 19.4. The molecular formula is C25H45NO3. The summed E-state index contributed by atoms with van der Waals surface area (Å²) < 4.78 is 4.78. The van der Waals surface area contributed by atoms with Crippen molar-refractivity contribution in [1.82, 2.24) is 5.32 Å². The fourth-order valence-electron chi connectivity index (χ4n) is 3.19. The molecule has 0 spiro atoms. The summed E-state index contributed by atoms with van der Waals surface area (Å²) in [6, 6.07) is -0.523. The van der Waals surface area contributed by atoms with Crippen molar-refractivity contribution in [3.8, 4) is 0 Å². The van der Waals surface area contributed by atoms with Crippen molar-refractivity contribution >= 4 is 11.9 Å². The molecule has 168 valence electrons. The number of nitrogens with one attached hydrogen (secondary N) is 1. The van der Waals surface area contributed by atoms with Gasteiger partial charge in [0.15, 0.2) is 0 Å². The number of hydrogen-bond acceptors (Lipinski definition) is 3. The van der Waals surface area contributed by atoms with E-state index in [0.717, 1.165) is 32.1 Å². The third-order valence-corrected chi connectivity index (χ3v) is 4.88. The Morgan fingerprint density at radius 2 is 1.45 bits per heavy atom. The minimum Gasteiger partial charge on any atom is -0.467 e. The minimum absolute atomic E-state index is 0.0493. The van der Waals surface area contributed by atoms with Gasteiger partial charge < -0.3 is 10.1 Å². The summed E-state index contributed by atoms with van der Waals surface area (Å²) in [7, 11) is 1.36. The largest absolute Gasteiger partial charge is 0.467 e. The molecule has 1 atom stereocenters. The van der Waals surface area contributed by atoms with Crippen LogP contribution in [0.25, 0.3) is 0 Å². The number of rotatable bonds is 18. The van der Waals surface area contributed by atoms with Crippen LogP contribution in [0.1, 0.15) is 104 Å². The molecule has 0 bridgehead atoms. The standard InChI is InChI=1S/C25H45NO3/c1-5-6-7-8-9-10-11-12-13-14-15-16-17-18-19-20-24(27)26-23(21-22(2)3)25(28)29-4/h9-10,12-13,22-23H,5-8,11,14-21H2,1-4H3,(H,26,27)/b10-9-,13-12-. The van der Waals surface area contributed by atoms with Gasteiger partial charge in [-0.2, -0.15) is 0 Å². The number of carbonyl (C=O) groups is 2. The number of esters is 1. The molecule has 0 saturated heterocycles. The van der Waals surface area contributed by atoms with Gasteiger partial charge in [0.1, 0.15) is 6.04 Å². The Bertz CT molecular complexity index is 469. The normalized spacial score (nSPS) is 12.7. The molecule has 29 heavy (non-hydrogen) atoms. The summed E-state index contributed by atoms with van der Waals surface area (Å²) >= 11 is 0. The van der Waals surface area contributed by atoms with E-state index in [2.05, 4.69) is 36.5 Å². The maximum Gasteiger partial charge on any atom is 0.328 e. The predicted molar refractivity (Wildman–Crippen MR) is 123 cm³/mol. The van der Waals surface area contributed by atoms with Crippen LogP contribution in [0.3, 0.4) is 0 Å². The first-order valence-corrected chi connectivity index (χ1v) is 11.7. The highest BCUT2D eigenvalue weighted by atomic mass is 16.5. The van der Waals surface area contributed by atoms with Crippen molar-refractivity contribution in [2.75, 3.05) is 7.11 Å². The van der Waals surface area contributed by atoms with E-state index in [9.17, 15) is 9.59 Å². The number of allylic oxidation sites excluding steroid dienone is 4. The van der Waals surface area contributed by atoms with Gasteiger partial charge in [0.05, 0.1) is 7.11 Å². The van der Waals surface area contributed by atoms with Crippen LogP contribution in [-0.2, 0) is 14.3 Å². The second-order valence-corrected chi connectivity index (χ2v) is 8.25. The van der Waals surface area contributed by atoms with Crippen molar-refractivity contribution in [1.29, 1.82) is 0 Å². The molecule has 0 fully saturated rings. The molecule has 1 N–H and O–H groups in total. The third-order valence-electron chi connectivity index (χ3n) is 4.88. The van der Waals surface area contributed by atoms with Crippen LogP contribution in [0.15, 0.2) is 24.3 Å². The highest BCUT2D eigenvalue weighted by Gasteiger charge is 2.22. The maximum absolute atomic E-state index is 12.1. The molecule has 4 nitrogen and oxygen atoms in total. The summed E-state index contributed by atoms with van der Waals surface area (Å²) in [5.74, 6) is -0.0749. The van der Waals surface area contributed by atoms with Gasteiger partial charge in [-0.25, -0.2) is 4.79 Å². The minimum atomic E-state index is -0.523. The Morgan fingerprint density at radius 3 is 2.03 bits per heavy atom. The van der Waals surface area contributed by atoms with Gasteiger partial charge in [0.2, 0.25) is 5.91 Å². The van der Waals surface area contributed by atoms with Crippen LogP contribution in [0.5, 0.6) is 0 Å². The first-order valence-electron chi connectivity index (χ1n) is 11.7. The van der Waals surface area contributed by atoms with Crippen LogP contribution in [0.2, 0.25) is 0 Å². The van der Waals surface area contributed by atoms with E-state index >= 15 is 0 Å². The molecule has 0 saturated carbocycles. The number of hydrogen-bond donors (Lipinski definition) is 1. The van der Waals surface area contributed by atoms with Crippen molar-refractivity contribution in [2.45, 2.75) is 110 Å². The van der Waals surface area contributed by atoms with Crippen LogP contribution in [0, 0.1) is 5.92 Å². The van der Waals surface area contributed by atoms with E-state index in [1.807, 2.05) is 13.8 Å². The fourth-order valence-corrected chi connectivity index (χ4v) is 3.19. The molecule has 1 amide bonds.